The maximum atomic E-state index is 13.4. The standard InChI is InChI=1S/C11H4ClF6N3/c12-10-20-8(11(16,17)18)3-9(21-10)19-7-2-5(14)4(13)1-6(7)15/h1-3H,(H,19,20,21). The first-order chi connectivity index (χ1) is 9.66. The number of anilines is 2. The van der Waals surface area contributed by atoms with Gasteiger partial charge in [-0.2, -0.15) is 13.2 Å². The number of halogens is 7. The van der Waals surface area contributed by atoms with Crippen LogP contribution in [0.15, 0.2) is 18.2 Å². The lowest BCUT2D eigenvalue weighted by atomic mass is 10.2. The molecule has 0 fully saturated rings. The number of hydrogen-bond donors (Lipinski definition) is 1. The number of hydrogen-bond acceptors (Lipinski definition) is 3. The van der Waals surface area contributed by atoms with Gasteiger partial charge in [0.05, 0.1) is 5.69 Å². The molecular weight excluding hydrogens is 324 g/mol. The summed E-state index contributed by atoms with van der Waals surface area (Å²) in [6, 6.07) is 1.13. The van der Waals surface area contributed by atoms with Crippen molar-refractivity contribution in [2.45, 2.75) is 6.18 Å². The molecule has 3 nitrogen and oxygen atoms in total. The molecular formula is C11H4ClF6N3. The second-order valence-corrected chi connectivity index (χ2v) is 4.11. The van der Waals surface area contributed by atoms with Crippen molar-refractivity contribution in [3.05, 3.63) is 46.6 Å². The summed E-state index contributed by atoms with van der Waals surface area (Å²) in [4.78, 5) is 6.36. The lowest BCUT2D eigenvalue weighted by molar-refractivity contribution is -0.141. The van der Waals surface area contributed by atoms with Crippen molar-refractivity contribution in [3.63, 3.8) is 0 Å². The van der Waals surface area contributed by atoms with E-state index in [4.69, 9.17) is 11.6 Å². The second-order valence-electron chi connectivity index (χ2n) is 3.78. The van der Waals surface area contributed by atoms with Crippen molar-refractivity contribution in [1.82, 2.24) is 9.97 Å². The molecule has 0 aliphatic carbocycles. The van der Waals surface area contributed by atoms with Gasteiger partial charge in [-0.1, -0.05) is 0 Å². The lowest BCUT2D eigenvalue weighted by Gasteiger charge is -2.10. The van der Waals surface area contributed by atoms with Gasteiger partial charge in [0.25, 0.3) is 0 Å². The topological polar surface area (TPSA) is 37.8 Å². The third-order valence-electron chi connectivity index (χ3n) is 2.26. The predicted molar refractivity (Wildman–Crippen MR) is 61.6 cm³/mol. The summed E-state index contributed by atoms with van der Waals surface area (Å²) in [6.45, 7) is 0. The molecule has 0 amide bonds. The van der Waals surface area contributed by atoms with Gasteiger partial charge in [-0.15, -0.1) is 0 Å². The van der Waals surface area contributed by atoms with Gasteiger partial charge >= 0.3 is 6.18 Å². The number of aromatic nitrogens is 2. The van der Waals surface area contributed by atoms with E-state index in [1.807, 2.05) is 0 Å². The average molecular weight is 328 g/mol. The van der Waals surface area contributed by atoms with E-state index < -0.39 is 46.1 Å². The van der Waals surface area contributed by atoms with Crippen LogP contribution in [0, 0.1) is 17.5 Å². The van der Waals surface area contributed by atoms with E-state index in [0.717, 1.165) is 0 Å². The Hall–Kier alpha value is -2.03. The molecule has 1 N–H and O–H groups in total. The molecule has 1 aromatic carbocycles. The van der Waals surface area contributed by atoms with Gasteiger partial charge < -0.3 is 5.32 Å². The van der Waals surface area contributed by atoms with Crippen molar-refractivity contribution in [2.75, 3.05) is 5.32 Å². The Labute approximate surface area is 118 Å². The third-order valence-corrected chi connectivity index (χ3v) is 2.43. The smallest absolute Gasteiger partial charge is 0.338 e. The summed E-state index contributed by atoms with van der Waals surface area (Å²) < 4.78 is 76.7. The minimum absolute atomic E-state index is 0.241. The molecule has 0 saturated heterocycles. The fraction of sp³-hybridized carbons (Fsp3) is 0.0909. The molecule has 1 heterocycles. The second kappa shape index (κ2) is 5.40. The summed E-state index contributed by atoms with van der Waals surface area (Å²) in [6.07, 6.45) is -4.80. The fourth-order valence-corrected chi connectivity index (χ4v) is 1.57. The van der Waals surface area contributed by atoms with E-state index in [1.54, 1.807) is 0 Å². The van der Waals surface area contributed by atoms with Gasteiger partial charge in [-0.05, 0) is 11.6 Å². The zero-order chi connectivity index (χ0) is 15.8. The van der Waals surface area contributed by atoms with Crippen LogP contribution in [-0.2, 0) is 6.18 Å². The molecule has 0 spiro atoms. The monoisotopic (exact) mass is 327 g/mol. The van der Waals surface area contributed by atoms with Crippen LogP contribution in [0.5, 0.6) is 0 Å². The van der Waals surface area contributed by atoms with Gasteiger partial charge in [0.15, 0.2) is 17.3 Å². The minimum Gasteiger partial charge on any atom is -0.338 e. The quantitative estimate of drug-likeness (QED) is 0.507. The Bertz CT molecular complexity index is 688. The largest absolute Gasteiger partial charge is 0.433 e. The Morgan fingerprint density at radius 3 is 2.14 bits per heavy atom. The van der Waals surface area contributed by atoms with E-state index in [1.165, 1.54) is 0 Å². The van der Waals surface area contributed by atoms with Crippen LogP contribution < -0.4 is 5.32 Å². The molecule has 2 aromatic rings. The number of nitrogens with zero attached hydrogens (tertiary/aromatic N) is 2. The van der Waals surface area contributed by atoms with Gasteiger partial charge in [0, 0.05) is 18.2 Å². The van der Waals surface area contributed by atoms with Gasteiger partial charge in [0.1, 0.15) is 11.6 Å². The van der Waals surface area contributed by atoms with E-state index >= 15 is 0 Å². The molecule has 21 heavy (non-hydrogen) atoms. The maximum Gasteiger partial charge on any atom is 0.433 e. The number of alkyl halides is 3. The molecule has 0 aliphatic rings. The first-order valence-corrected chi connectivity index (χ1v) is 5.58. The summed E-state index contributed by atoms with van der Waals surface area (Å²) in [5.74, 6) is -4.55. The Kier molecular flexibility index (Phi) is 3.95. The Morgan fingerprint density at radius 1 is 0.905 bits per heavy atom. The van der Waals surface area contributed by atoms with Crippen molar-refractivity contribution < 1.29 is 26.3 Å². The predicted octanol–water partition coefficient (Wildman–Crippen LogP) is 4.31. The first-order valence-electron chi connectivity index (χ1n) is 5.20. The van der Waals surface area contributed by atoms with Crippen LogP contribution in [0.1, 0.15) is 5.69 Å². The van der Waals surface area contributed by atoms with Crippen molar-refractivity contribution in [2.24, 2.45) is 0 Å². The SMILES string of the molecule is Fc1cc(F)c(Nc2cc(C(F)(F)F)nc(Cl)n2)cc1F. The minimum atomic E-state index is -4.80. The maximum absolute atomic E-state index is 13.4. The molecule has 0 radical (unpaired) electrons. The summed E-state index contributed by atoms with van der Waals surface area (Å²) in [7, 11) is 0. The van der Waals surface area contributed by atoms with E-state index in [2.05, 4.69) is 15.3 Å². The highest BCUT2D eigenvalue weighted by Gasteiger charge is 2.33. The first kappa shape index (κ1) is 15.4. The molecule has 2 rings (SSSR count). The highest BCUT2D eigenvalue weighted by atomic mass is 35.5. The molecule has 112 valence electrons. The van der Waals surface area contributed by atoms with E-state index in [9.17, 15) is 26.3 Å². The number of rotatable bonds is 2. The Morgan fingerprint density at radius 2 is 1.52 bits per heavy atom. The van der Waals surface area contributed by atoms with Crippen LogP contribution in [0.25, 0.3) is 0 Å². The highest BCUT2D eigenvalue weighted by Crippen LogP contribution is 2.31. The highest BCUT2D eigenvalue weighted by molar-refractivity contribution is 6.28. The normalized spacial score (nSPS) is 11.6. The van der Waals surface area contributed by atoms with Crippen LogP contribution in [0.4, 0.5) is 37.8 Å². The average Bonchev–Trinajstić information content (AvgIpc) is 2.34. The van der Waals surface area contributed by atoms with E-state index in [-0.39, 0.29) is 6.07 Å². The summed E-state index contributed by atoms with van der Waals surface area (Å²) >= 11 is 5.33. The van der Waals surface area contributed by atoms with Crippen molar-refractivity contribution >= 4 is 23.1 Å². The van der Waals surface area contributed by atoms with Crippen LogP contribution in [0.3, 0.4) is 0 Å². The van der Waals surface area contributed by atoms with Crippen LogP contribution >= 0.6 is 11.6 Å². The molecule has 0 bridgehead atoms. The summed E-state index contributed by atoms with van der Waals surface area (Å²) in [5.41, 5.74) is -1.97. The van der Waals surface area contributed by atoms with Gasteiger partial charge in [-0.25, -0.2) is 23.1 Å². The third kappa shape index (κ3) is 3.54. The van der Waals surface area contributed by atoms with Crippen LogP contribution in [0.2, 0.25) is 5.28 Å². The number of nitrogens with one attached hydrogen (secondary N) is 1. The molecule has 10 heteroatoms. The van der Waals surface area contributed by atoms with Crippen molar-refractivity contribution in [3.8, 4) is 0 Å². The molecule has 0 unspecified atom stereocenters. The van der Waals surface area contributed by atoms with Gasteiger partial charge in [-0.3, -0.25) is 0 Å². The zero-order valence-electron chi connectivity index (χ0n) is 9.77. The zero-order valence-corrected chi connectivity index (χ0v) is 10.5. The Balaban J connectivity index is 2.40. The molecule has 0 aliphatic heterocycles. The summed E-state index contributed by atoms with van der Waals surface area (Å²) in [5, 5.41) is 1.34. The molecule has 0 saturated carbocycles. The molecule has 0 atom stereocenters. The number of benzene rings is 1. The van der Waals surface area contributed by atoms with E-state index in [0.29, 0.717) is 12.1 Å². The van der Waals surface area contributed by atoms with Crippen molar-refractivity contribution in [1.29, 1.82) is 0 Å². The lowest BCUT2D eigenvalue weighted by Crippen LogP contribution is -2.10. The fourth-order valence-electron chi connectivity index (χ4n) is 1.38. The van der Waals surface area contributed by atoms with Gasteiger partial charge in [0.2, 0.25) is 5.28 Å². The van der Waals surface area contributed by atoms with Crippen LogP contribution in [-0.4, -0.2) is 9.97 Å². The molecule has 1 aromatic heterocycles.